The lowest BCUT2D eigenvalue weighted by Gasteiger charge is -2.29. The lowest BCUT2D eigenvalue weighted by molar-refractivity contribution is -0.385. The third kappa shape index (κ3) is 5.23. The Labute approximate surface area is 245 Å². The zero-order valence-electron chi connectivity index (χ0n) is 21.0. The molecule has 0 fully saturated rings. The molecule has 0 saturated carbocycles. The molecule has 14 heteroatoms. The van der Waals surface area contributed by atoms with E-state index in [2.05, 4.69) is 0 Å². The van der Waals surface area contributed by atoms with Gasteiger partial charge in [0.05, 0.1) is 26.8 Å². The van der Waals surface area contributed by atoms with Crippen molar-refractivity contribution >= 4 is 58.4 Å². The highest BCUT2D eigenvalue weighted by molar-refractivity contribution is 6.42. The summed E-state index contributed by atoms with van der Waals surface area (Å²) < 4.78 is 10.2. The second kappa shape index (κ2) is 11.3. The van der Waals surface area contributed by atoms with Crippen molar-refractivity contribution in [3.8, 4) is 5.75 Å². The number of hydrogen-bond acceptors (Lipinski definition) is 9. The minimum atomic E-state index is -1.16. The molecular weight excluding hydrogens is 593 g/mol. The quantitative estimate of drug-likeness (QED) is 0.0651. The molecule has 0 radical (unpaired) electrons. The van der Waals surface area contributed by atoms with Crippen LogP contribution in [0.4, 0.5) is 5.69 Å². The van der Waals surface area contributed by atoms with E-state index >= 15 is 0 Å². The number of fused-ring (bicyclic) bond motifs is 1. The number of ketones is 1. The van der Waals surface area contributed by atoms with E-state index in [1.54, 1.807) is 0 Å². The fourth-order valence-electron chi connectivity index (χ4n) is 4.13. The molecule has 12 nitrogen and oxygen atoms in total. The number of carbonyl (C=O) groups is 5. The lowest BCUT2D eigenvalue weighted by Crippen LogP contribution is -2.51. The standard InChI is InChI=1S/C28H15Cl2N3O9/c29-19-11-8-16(13-20(19)30)25(35)31(32-26(36)18-3-1-4-21(33(39)40)24(18)27(32)37)14-22(34)15-6-9-17(10-7-15)42-28(38)23-5-2-12-41-23/h1-13H,14H2. The van der Waals surface area contributed by atoms with Gasteiger partial charge in [0.15, 0.2) is 5.78 Å². The molecule has 0 unspecified atom stereocenters. The zero-order chi connectivity index (χ0) is 30.1. The van der Waals surface area contributed by atoms with Gasteiger partial charge < -0.3 is 9.15 Å². The van der Waals surface area contributed by atoms with Crippen LogP contribution in [-0.2, 0) is 0 Å². The fourth-order valence-corrected chi connectivity index (χ4v) is 4.42. The van der Waals surface area contributed by atoms with E-state index in [1.165, 1.54) is 73.0 Å². The number of rotatable bonds is 8. The molecule has 2 heterocycles. The minimum absolute atomic E-state index is 0.00789. The minimum Gasteiger partial charge on any atom is -0.457 e. The number of nitro benzene ring substituents is 1. The van der Waals surface area contributed by atoms with Gasteiger partial charge in [0.2, 0.25) is 5.76 Å². The van der Waals surface area contributed by atoms with Gasteiger partial charge in [-0.3, -0.25) is 29.3 Å². The van der Waals surface area contributed by atoms with Crippen LogP contribution in [0.1, 0.15) is 52.0 Å². The fraction of sp³-hybridized carbons (Fsp3) is 0.0357. The Hall–Kier alpha value is -5.33. The van der Waals surface area contributed by atoms with Crippen molar-refractivity contribution < 1.29 is 38.1 Å². The van der Waals surface area contributed by atoms with E-state index in [9.17, 15) is 34.1 Å². The predicted octanol–water partition coefficient (Wildman–Crippen LogP) is 5.25. The molecule has 0 bridgehead atoms. The summed E-state index contributed by atoms with van der Waals surface area (Å²) in [5.74, 6) is -4.63. The molecule has 0 atom stereocenters. The number of furan rings is 1. The maximum atomic E-state index is 13.6. The average Bonchev–Trinajstić information content (AvgIpc) is 3.60. The van der Waals surface area contributed by atoms with Crippen molar-refractivity contribution in [1.29, 1.82) is 0 Å². The average molecular weight is 608 g/mol. The molecular formula is C28H15Cl2N3O9. The lowest BCUT2D eigenvalue weighted by atomic mass is 10.1. The van der Waals surface area contributed by atoms with E-state index in [1.807, 2.05) is 0 Å². The number of hydrogen-bond donors (Lipinski definition) is 0. The Balaban J connectivity index is 1.46. The molecule has 3 aromatic carbocycles. The normalized spacial score (nSPS) is 12.2. The highest BCUT2D eigenvalue weighted by Crippen LogP contribution is 2.33. The Morgan fingerprint density at radius 2 is 1.62 bits per heavy atom. The van der Waals surface area contributed by atoms with Gasteiger partial charge in [0.1, 0.15) is 17.9 Å². The van der Waals surface area contributed by atoms with Gasteiger partial charge in [-0.15, -0.1) is 0 Å². The van der Waals surface area contributed by atoms with Crippen molar-refractivity contribution in [1.82, 2.24) is 10.0 Å². The maximum absolute atomic E-state index is 13.6. The highest BCUT2D eigenvalue weighted by Gasteiger charge is 2.46. The van der Waals surface area contributed by atoms with Crippen LogP contribution in [0.3, 0.4) is 0 Å². The SMILES string of the molecule is O=C(CN(C(=O)c1ccc(Cl)c(Cl)c1)N1C(=O)c2cccc([N+](=O)[O-])c2C1=O)c1ccc(OC(=O)c2ccco2)cc1. The number of Topliss-reactive ketones (excluding diaryl/α,β-unsaturated/α-hetero) is 1. The predicted molar refractivity (Wildman–Crippen MR) is 146 cm³/mol. The third-order valence-electron chi connectivity index (χ3n) is 6.11. The molecule has 4 aromatic rings. The molecule has 0 aliphatic carbocycles. The highest BCUT2D eigenvalue weighted by atomic mass is 35.5. The van der Waals surface area contributed by atoms with Gasteiger partial charge in [-0.05, 0) is 60.7 Å². The Morgan fingerprint density at radius 1 is 0.905 bits per heavy atom. The van der Waals surface area contributed by atoms with E-state index in [4.69, 9.17) is 32.4 Å². The number of amides is 3. The number of hydrazine groups is 1. The molecule has 1 aromatic heterocycles. The molecule has 0 N–H and O–H groups in total. The summed E-state index contributed by atoms with van der Waals surface area (Å²) in [6.45, 7) is -0.829. The van der Waals surface area contributed by atoms with Crippen LogP contribution >= 0.6 is 23.2 Å². The van der Waals surface area contributed by atoms with E-state index in [-0.39, 0.29) is 38.2 Å². The van der Waals surface area contributed by atoms with Gasteiger partial charge in [0.25, 0.3) is 23.4 Å². The monoisotopic (exact) mass is 607 g/mol. The third-order valence-corrected chi connectivity index (χ3v) is 6.85. The second-order valence-corrected chi connectivity index (χ2v) is 9.50. The number of imide groups is 1. The maximum Gasteiger partial charge on any atom is 0.379 e. The number of nitro groups is 1. The summed E-state index contributed by atoms with van der Waals surface area (Å²) in [5, 5.41) is 12.7. The number of esters is 1. The van der Waals surface area contributed by atoms with Crippen LogP contribution in [0.2, 0.25) is 10.0 Å². The molecule has 210 valence electrons. The number of ether oxygens (including phenoxy) is 1. The van der Waals surface area contributed by atoms with Crippen LogP contribution in [0.15, 0.2) is 83.5 Å². The summed E-state index contributed by atoms with van der Waals surface area (Å²) in [5.41, 5.74) is -1.56. The van der Waals surface area contributed by atoms with E-state index in [0.29, 0.717) is 10.0 Å². The summed E-state index contributed by atoms with van der Waals surface area (Å²) in [6.07, 6.45) is 1.30. The van der Waals surface area contributed by atoms with Gasteiger partial charge in [-0.2, -0.15) is 5.01 Å². The number of halogens is 2. The van der Waals surface area contributed by atoms with Crippen LogP contribution in [0.5, 0.6) is 5.75 Å². The number of nitrogens with zero attached hydrogens (tertiary/aromatic N) is 3. The van der Waals surface area contributed by atoms with Gasteiger partial charge in [-0.25, -0.2) is 9.80 Å². The Kier molecular flexibility index (Phi) is 7.57. The Bertz CT molecular complexity index is 1790. The van der Waals surface area contributed by atoms with Crippen molar-refractivity contribution in [2.45, 2.75) is 0 Å². The second-order valence-electron chi connectivity index (χ2n) is 8.68. The molecule has 5 rings (SSSR count). The van der Waals surface area contributed by atoms with Crippen molar-refractivity contribution in [3.63, 3.8) is 0 Å². The summed E-state index contributed by atoms with van der Waals surface area (Å²) in [4.78, 5) is 76.5. The molecule has 0 spiro atoms. The summed E-state index contributed by atoms with van der Waals surface area (Å²) >= 11 is 12.0. The molecule has 0 saturated heterocycles. The summed E-state index contributed by atoms with van der Waals surface area (Å²) in [7, 11) is 0. The molecule has 1 aliphatic heterocycles. The van der Waals surface area contributed by atoms with E-state index < -0.39 is 52.2 Å². The number of carbonyl (C=O) groups excluding carboxylic acids is 5. The van der Waals surface area contributed by atoms with Crippen molar-refractivity contribution in [2.24, 2.45) is 0 Å². The van der Waals surface area contributed by atoms with E-state index in [0.717, 1.165) is 6.07 Å². The summed E-state index contributed by atoms with van der Waals surface area (Å²) in [6, 6.07) is 15.4. The van der Waals surface area contributed by atoms with Crippen molar-refractivity contribution in [3.05, 3.63) is 127 Å². The topological polar surface area (TPSA) is 157 Å². The first-order valence-corrected chi connectivity index (χ1v) is 12.6. The zero-order valence-corrected chi connectivity index (χ0v) is 22.5. The smallest absolute Gasteiger partial charge is 0.379 e. The Morgan fingerprint density at radius 3 is 2.26 bits per heavy atom. The van der Waals surface area contributed by atoms with Crippen LogP contribution in [-0.4, -0.2) is 51.0 Å². The van der Waals surface area contributed by atoms with Crippen LogP contribution in [0, 0.1) is 10.1 Å². The van der Waals surface area contributed by atoms with Crippen LogP contribution < -0.4 is 4.74 Å². The molecule has 1 aliphatic rings. The molecule has 3 amide bonds. The van der Waals surface area contributed by atoms with Gasteiger partial charge >= 0.3 is 5.97 Å². The van der Waals surface area contributed by atoms with Crippen LogP contribution in [0.25, 0.3) is 0 Å². The molecule has 42 heavy (non-hydrogen) atoms. The number of benzene rings is 3. The van der Waals surface area contributed by atoms with Gasteiger partial charge in [0, 0.05) is 17.2 Å². The van der Waals surface area contributed by atoms with Crippen molar-refractivity contribution in [2.75, 3.05) is 6.54 Å². The largest absolute Gasteiger partial charge is 0.457 e. The van der Waals surface area contributed by atoms with Gasteiger partial charge in [-0.1, -0.05) is 29.3 Å². The first kappa shape index (κ1) is 28.2. The first-order valence-electron chi connectivity index (χ1n) is 11.9. The first-order chi connectivity index (χ1) is 20.1.